The molecule has 5 rings (SSSR count). The van der Waals surface area contributed by atoms with Crippen LogP contribution in [-0.4, -0.2) is 40.7 Å². The SMILES string of the molecule is C=C[C@H]1C[C@H]2CCN1[C@@H]([C@@H](O)c1ccnc3ccc(OC)cc13)C2. The molecule has 1 aromatic heterocycles. The number of hydrogen-bond donors (Lipinski definition) is 1. The molecular weight excluding hydrogens is 300 g/mol. The van der Waals surface area contributed by atoms with Crippen molar-refractivity contribution in [1.82, 2.24) is 9.88 Å². The van der Waals surface area contributed by atoms with Crippen molar-refractivity contribution in [3.63, 3.8) is 0 Å². The fraction of sp³-hybridized carbons (Fsp3) is 0.450. The highest BCUT2D eigenvalue weighted by Crippen LogP contribution is 2.42. The van der Waals surface area contributed by atoms with Crippen molar-refractivity contribution in [3.8, 4) is 5.75 Å². The molecule has 24 heavy (non-hydrogen) atoms. The Morgan fingerprint density at radius 1 is 1.38 bits per heavy atom. The molecule has 4 heterocycles. The van der Waals surface area contributed by atoms with Crippen LogP contribution in [0.2, 0.25) is 0 Å². The number of aliphatic hydroxyl groups excluding tert-OH is 1. The second kappa shape index (κ2) is 6.19. The van der Waals surface area contributed by atoms with Crippen LogP contribution in [0.4, 0.5) is 0 Å². The van der Waals surface area contributed by atoms with Crippen LogP contribution < -0.4 is 4.74 Å². The summed E-state index contributed by atoms with van der Waals surface area (Å²) in [5.41, 5.74) is 1.84. The monoisotopic (exact) mass is 324 g/mol. The van der Waals surface area contributed by atoms with Crippen molar-refractivity contribution in [2.24, 2.45) is 5.92 Å². The summed E-state index contributed by atoms with van der Waals surface area (Å²) in [7, 11) is 1.66. The van der Waals surface area contributed by atoms with Crippen LogP contribution in [0.25, 0.3) is 10.9 Å². The molecule has 1 unspecified atom stereocenters. The largest absolute Gasteiger partial charge is 0.497 e. The van der Waals surface area contributed by atoms with Crippen LogP contribution in [0.3, 0.4) is 0 Å². The molecule has 3 fully saturated rings. The lowest BCUT2D eigenvalue weighted by atomic mass is 9.76. The molecule has 3 saturated heterocycles. The fourth-order valence-corrected chi connectivity index (χ4v) is 4.48. The highest BCUT2D eigenvalue weighted by Gasteiger charge is 2.42. The van der Waals surface area contributed by atoms with Crippen molar-refractivity contribution in [2.45, 2.75) is 37.5 Å². The molecule has 0 radical (unpaired) electrons. The minimum atomic E-state index is -0.520. The van der Waals surface area contributed by atoms with E-state index >= 15 is 0 Å². The highest BCUT2D eigenvalue weighted by atomic mass is 16.5. The van der Waals surface area contributed by atoms with Crippen molar-refractivity contribution in [1.29, 1.82) is 0 Å². The third-order valence-corrected chi connectivity index (χ3v) is 5.73. The van der Waals surface area contributed by atoms with Gasteiger partial charge in [-0.3, -0.25) is 9.88 Å². The first-order valence-corrected chi connectivity index (χ1v) is 8.70. The average Bonchev–Trinajstić information content (AvgIpc) is 2.66. The number of rotatable bonds is 4. The Kier molecular flexibility index (Phi) is 4.02. The Balaban J connectivity index is 1.73. The number of fused-ring (bicyclic) bond motifs is 4. The van der Waals surface area contributed by atoms with E-state index in [0.717, 1.165) is 35.2 Å². The van der Waals surface area contributed by atoms with Gasteiger partial charge in [0.05, 0.1) is 18.7 Å². The van der Waals surface area contributed by atoms with E-state index in [9.17, 15) is 5.11 Å². The van der Waals surface area contributed by atoms with Crippen LogP contribution >= 0.6 is 0 Å². The van der Waals surface area contributed by atoms with Gasteiger partial charge in [-0.1, -0.05) is 6.08 Å². The van der Waals surface area contributed by atoms with Gasteiger partial charge in [0.25, 0.3) is 0 Å². The Morgan fingerprint density at radius 2 is 2.25 bits per heavy atom. The summed E-state index contributed by atoms with van der Waals surface area (Å²) in [6.07, 6.45) is 6.77. The summed E-state index contributed by atoms with van der Waals surface area (Å²) in [6.45, 7) is 5.04. The molecule has 1 N–H and O–H groups in total. The molecule has 2 aromatic rings. The van der Waals surface area contributed by atoms with Gasteiger partial charge in [0.1, 0.15) is 5.75 Å². The molecule has 1 aromatic carbocycles. The molecule has 2 bridgehead atoms. The predicted octanol–water partition coefficient (Wildman–Crippen LogP) is 3.32. The second-order valence-corrected chi connectivity index (χ2v) is 6.96. The van der Waals surface area contributed by atoms with Gasteiger partial charge >= 0.3 is 0 Å². The number of aliphatic hydroxyl groups is 1. The standard InChI is InChI=1S/C20H24N2O2/c1-3-14-10-13-7-9-22(14)19(11-13)20(23)16-6-8-21-18-5-4-15(24-2)12-17(16)18/h3-6,8,12-14,19-20,23H,1,7,9-11H2,2H3/t13-,14+,19-,20+/m1/s1. The van der Waals surface area contributed by atoms with Crippen LogP contribution in [0.15, 0.2) is 43.1 Å². The van der Waals surface area contributed by atoms with Crippen LogP contribution in [-0.2, 0) is 0 Å². The van der Waals surface area contributed by atoms with Gasteiger partial charge in [-0.05, 0) is 61.6 Å². The summed E-state index contributed by atoms with van der Waals surface area (Å²) < 4.78 is 5.35. The Hall–Kier alpha value is -1.91. The van der Waals surface area contributed by atoms with E-state index in [1.54, 1.807) is 13.3 Å². The first-order chi connectivity index (χ1) is 11.7. The van der Waals surface area contributed by atoms with Crippen LogP contribution in [0.1, 0.15) is 30.9 Å². The number of hydrogen-bond acceptors (Lipinski definition) is 4. The highest BCUT2D eigenvalue weighted by molar-refractivity contribution is 5.83. The van der Waals surface area contributed by atoms with Crippen molar-refractivity contribution in [2.75, 3.05) is 13.7 Å². The number of ether oxygens (including phenoxy) is 1. The lowest BCUT2D eigenvalue weighted by Crippen LogP contribution is -2.55. The molecule has 126 valence electrons. The minimum absolute atomic E-state index is 0.150. The van der Waals surface area contributed by atoms with E-state index in [-0.39, 0.29) is 6.04 Å². The minimum Gasteiger partial charge on any atom is -0.497 e. The van der Waals surface area contributed by atoms with E-state index < -0.39 is 6.10 Å². The zero-order valence-electron chi connectivity index (χ0n) is 14.1. The van der Waals surface area contributed by atoms with Gasteiger partial charge in [-0.15, -0.1) is 6.58 Å². The Morgan fingerprint density at radius 3 is 3.00 bits per heavy atom. The molecular formula is C20H24N2O2. The molecule has 0 amide bonds. The summed E-state index contributed by atoms with van der Waals surface area (Å²) in [6, 6.07) is 8.31. The third kappa shape index (κ3) is 2.50. The van der Waals surface area contributed by atoms with Crippen LogP contribution in [0.5, 0.6) is 5.75 Å². The first-order valence-electron chi connectivity index (χ1n) is 8.70. The molecule has 4 nitrogen and oxygen atoms in total. The summed E-state index contributed by atoms with van der Waals surface area (Å²) in [5, 5.41) is 12.2. The average molecular weight is 324 g/mol. The summed E-state index contributed by atoms with van der Waals surface area (Å²) in [4.78, 5) is 6.86. The molecule has 5 atom stereocenters. The summed E-state index contributed by atoms with van der Waals surface area (Å²) in [5.74, 6) is 1.48. The molecule has 4 heteroatoms. The van der Waals surface area contributed by atoms with Crippen LogP contribution in [0, 0.1) is 5.92 Å². The van der Waals surface area contributed by atoms with Crippen molar-refractivity contribution in [3.05, 3.63) is 48.7 Å². The van der Waals surface area contributed by atoms with Gasteiger partial charge in [0.15, 0.2) is 0 Å². The van der Waals surface area contributed by atoms with Gasteiger partial charge in [-0.25, -0.2) is 0 Å². The maximum absolute atomic E-state index is 11.2. The second-order valence-electron chi connectivity index (χ2n) is 6.96. The Labute approximate surface area is 142 Å². The van der Waals surface area contributed by atoms with Gasteiger partial charge < -0.3 is 9.84 Å². The van der Waals surface area contributed by atoms with Gasteiger partial charge in [0.2, 0.25) is 0 Å². The topological polar surface area (TPSA) is 45.6 Å². The van der Waals surface area contributed by atoms with E-state index in [2.05, 4.69) is 16.5 Å². The third-order valence-electron chi connectivity index (χ3n) is 5.73. The zero-order valence-corrected chi connectivity index (χ0v) is 14.1. The maximum atomic E-state index is 11.2. The van der Waals surface area contributed by atoms with Gasteiger partial charge in [0, 0.05) is 23.7 Å². The number of methoxy groups -OCH3 is 1. The number of aromatic nitrogens is 1. The quantitative estimate of drug-likeness (QED) is 0.877. The van der Waals surface area contributed by atoms with E-state index in [1.807, 2.05) is 30.3 Å². The lowest BCUT2D eigenvalue weighted by molar-refractivity contribution is -0.0473. The molecule has 0 saturated carbocycles. The lowest BCUT2D eigenvalue weighted by Gasteiger charge is -2.51. The van der Waals surface area contributed by atoms with E-state index in [0.29, 0.717) is 12.0 Å². The smallest absolute Gasteiger partial charge is 0.119 e. The van der Waals surface area contributed by atoms with Crippen molar-refractivity contribution >= 4 is 10.9 Å². The number of nitrogens with zero attached hydrogens (tertiary/aromatic N) is 2. The number of benzene rings is 1. The predicted molar refractivity (Wildman–Crippen MR) is 95.1 cm³/mol. The molecule has 0 aliphatic carbocycles. The van der Waals surface area contributed by atoms with Crippen molar-refractivity contribution < 1.29 is 9.84 Å². The Bertz CT molecular complexity index is 760. The zero-order chi connectivity index (χ0) is 16.7. The number of pyridine rings is 1. The number of piperidine rings is 3. The molecule has 3 aliphatic rings. The maximum Gasteiger partial charge on any atom is 0.119 e. The molecule has 0 spiro atoms. The normalized spacial score (nSPS) is 30.2. The van der Waals surface area contributed by atoms with E-state index in [4.69, 9.17) is 4.74 Å². The fourth-order valence-electron chi connectivity index (χ4n) is 4.48. The summed E-state index contributed by atoms with van der Waals surface area (Å²) >= 11 is 0. The first kappa shape index (κ1) is 15.6. The van der Waals surface area contributed by atoms with Gasteiger partial charge in [-0.2, -0.15) is 0 Å². The molecule has 3 aliphatic heterocycles. The van der Waals surface area contributed by atoms with E-state index in [1.165, 1.54) is 12.8 Å².